The highest BCUT2D eigenvalue weighted by Gasteiger charge is 2.25. The molecule has 0 aromatic carbocycles. The van der Waals surface area contributed by atoms with Crippen LogP contribution >= 0.6 is 11.8 Å². The Labute approximate surface area is 124 Å². The van der Waals surface area contributed by atoms with E-state index in [-0.39, 0.29) is 5.92 Å². The smallest absolute Gasteiger partial charge is 0.326 e. The first-order chi connectivity index (χ1) is 9.54. The van der Waals surface area contributed by atoms with Gasteiger partial charge in [0.2, 0.25) is 0 Å². The van der Waals surface area contributed by atoms with Crippen molar-refractivity contribution in [3.05, 3.63) is 0 Å². The van der Waals surface area contributed by atoms with Crippen LogP contribution < -0.4 is 10.6 Å². The van der Waals surface area contributed by atoms with Crippen molar-refractivity contribution in [2.75, 3.05) is 37.7 Å². The van der Waals surface area contributed by atoms with E-state index in [1.807, 2.05) is 25.6 Å². The molecule has 0 aromatic heterocycles. The predicted octanol–water partition coefficient (Wildman–Crippen LogP) is 0.834. The summed E-state index contributed by atoms with van der Waals surface area (Å²) in [7, 11) is 0. The highest BCUT2D eigenvalue weighted by molar-refractivity contribution is 7.99. The van der Waals surface area contributed by atoms with Crippen molar-refractivity contribution < 1.29 is 14.7 Å². The van der Waals surface area contributed by atoms with Crippen LogP contribution in [0.3, 0.4) is 0 Å². The van der Waals surface area contributed by atoms with Crippen LogP contribution in [0, 0.1) is 5.92 Å². The largest absolute Gasteiger partial charge is 0.480 e. The summed E-state index contributed by atoms with van der Waals surface area (Å²) in [5, 5.41) is 14.4. The van der Waals surface area contributed by atoms with Crippen molar-refractivity contribution in [3.63, 3.8) is 0 Å². The van der Waals surface area contributed by atoms with Gasteiger partial charge in [-0.2, -0.15) is 11.8 Å². The SMILES string of the molecule is CCC(C)[C@H](NC(=O)NCCN1CCSCC1)C(=O)O. The van der Waals surface area contributed by atoms with Gasteiger partial charge in [-0.15, -0.1) is 0 Å². The minimum Gasteiger partial charge on any atom is -0.480 e. The van der Waals surface area contributed by atoms with Crippen LogP contribution in [-0.2, 0) is 4.79 Å². The lowest BCUT2D eigenvalue weighted by molar-refractivity contribution is -0.140. The number of carboxylic acids is 1. The van der Waals surface area contributed by atoms with E-state index in [0.717, 1.165) is 31.1 Å². The topological polar surface area (TPSA) is 81.7 Å². The number of carboxylic acid groups (broad SMARTS) is 1. The Morgan fingerprint density at radius 2 is 2.00 bits per heavy atom. The van der Waals surface area contributed by atoms with Gasteiger partial charge in [-0.3, -0.25) is 4.90 Å². The molecular weight excluding hydrogens is 278 g/mol. The first-order valence-corrected chi connectivity index (χ1v) is 8.27. The predicted molar refractivity (Wildman–Crippen MR) is 81.2 cm³/mol. The Bertz CT molecular complexity index is 322. The zero-order valence-corrected chi connectivity index (χ0v) is 13.0. The third-order valence-electron chi connectivity index (χ3n) is 3.58. The number of hydrogen-bond acceptors (Lipinski definition) is 4. The van der Waals surface area contributed by atoms with Crippen LogP contribution in [0.4, 0.5) is 4.79 Å². The number of nitrogens with one attached hydrogen (secondary N) is 2. The van der Waals surface area contributed by atoms with Crippen molar-refractivity contribution in [1.29, 1.82) is 0 Å². The van der Waals surface area contributed by atoms with E-state index in [1.165, 1.54) is 0 Å². The Balaban J connectivity index is 2.25. The second-order valence-corrected chi connectivity index (χ2v) is 6.28. The lowest BCUT2D eigenvalue weighted by Crippen LogP contribution is -2.50. The number of carbonyl (C=O) groups is 2. The molecule has 3 N–H and O–H groups in total. The molecule has 116 valence electrons. The van der Waals surface area contributed by atoms with Gasteiger partial charge in [-0.05, 0) is 5.92 Å². The van der Waals surface area contributed by atoms with E-state index in [2.05, 4.69) is 15.5 Å². The van der Waals surface area contributed by atoms with Gasteiger partial charge in [-0.25, -0.2) is 9.59 Å². The van der Waals surface area contributed by atoms with E-state index in [4.69, 9.17) is 5.11 Å². The van der Waals surface area contributed by atoms with Gasteiger partial charge in [0.1, 0.15) is 6.04 Å². The fourth-order valence-electron chi connectivity index (χ4n) is 2.03. The highest BCUT2D eigenvalue weighted by Crippen LogP contribution is 2.08. The first kappa shape index (κ1) is 17.1. The van der Waals surface area contributed by atoms with Crippen LogP contribution in [0.1, 0.15) is 20.3 Å². The molecule has 2 atom stereocenters. The zero-order valence-electron chi connectivity index (χ0n) is 12.2. The summed E-state index contributed by atoms with van der Waals surface area (Å²) >= 11 is 1.95. The molecule has 0 radical (unpaired) electrons. The number of aliphatic carboxylic acids is 1. The molecule has 0 aliphatic carbocycles. The van der Waals surface area contributed by atoms with Gasteiger partial charge in [0.15, 0.2) is 0 Å². The number of carbonyl (C=O) groups excluding carboxylic acids is 1. The maximum absolute atomic E-state index is 11.7. The van der Waals surface area contributed by atoms with Crippen molar-refractivity contribution >= 4 is 23.8 Å². The molecule has 6 nitrogen and oxygen atoms in total. The minimum atomic E-state index is -0.984. The number of rotatable bonds is 7. The average Bonchev–Trinajstić information content (AvgIpc) is 2.45. The number of nitrogens with zero attached hydrogens (tertiary/aromatic N) is 1. The van der Waals surface area contributed by atoms with Crippen LogP contribution in [0.25, 0.3) is 0 Å². The van der Waals surface area contributed by atoms with Crippen LogP contribution in [0.2, 0.25) is 0 Å². The molecule has 1 unspecified atom stereocenters. The molecule has 2 amide bonds. The normalized spacial score (nSPS) is 19.1. The molecule has 1 heterocycles. The van der Waals surface area contributed by atoms with E-state index in [1.54, 1.807) is 0 Å². The fraction of sp³-hybridized carbons (Fsp3) is 0.846. The second-order valence-electron chi connectivity index (χ2n) is 5.06. The monoisotopic (exact) mass is 303 g/mol. The summed E-state index contributed by atoms with van der Waals surface area (Å²) in [5.74, 6) is 1.21. The van der Waals surface area contributed by atoms with E-state index < -0.39 is 18.0 Å². The maximum atomic E-state index is 11.7. The van der Waals surface area contributed by atoms with Crippen molar-refractivity contribution in [3.8, 4) is 0 Å². The lowest BCUT2D eigenvalue weighted by Gasteiger charge is -2.26. The van der Waals surface area contributed by atoms with Gasteiger partial charge in [0.25, 0.3) is 0 Å². The summed E-state index contributed by atoms with van der Waals surface area (Å²) in [6.45, 7) is 7.20. The molecule has 1 fully saturated rings. The molecule has 0 aromatic rings. The molecule has 0 saturated carbocycles. The van der Waals surface area contributed by atoms with Gasteiger partial charge in [-0.1, -0.05) is 20.3 Å². The van der Waals surface area contributed by atoms with E-state index in [0.29, 0.717) is 13.0 Å². The summed E-state index contributed by atoms with van der Waals surface area (Å²) < 4.78 is 0. The summed E-state index contributed by atoms with van der Waals surface area (Å²) in [5.41, 5.74) is 0. The maximum Gasteiger partial charge on any atom is 0.326 e. The van der Waals surface area contributed by atoms with Gasteiger partial charge >= 0.3 is 12.0 Å². The highest BCUT2D eigenvalue weighted by atomic mass is 32.2. The molecule has 0 bridgehead atoms. The van der Waals surface area contributed by atoms with Crippen molar-refractivity contribution in [2.24, 2.45) is 5.92 Å². The summed E-state index contributed by atoms with van der Waals surface area (Å²) in [6, 6.07) is -1.23. The third-order valence-corrected chi connectivity index (χ3v) is 4.53. The van der Waals surface area contributed by atoms with E-state index in [9.17, 15) is 9.59 Å². The quantitative estimate of drug-likeness (QED) is 0.649. The zero-order chi connectivity index (χ0) is 15.0. The Hall–Kier alpha value is -0.950. The molecule has 7 heteroatoms. The summed E-state index contributed by atoms with van der Waals surface area (Å²) in [6.07, 6.45) is 0.711. The van der Waals surface area contributed by atoms with Crippen LogP contribution in [-0.4, -0.2) is 65.7 Å². The Morgan fingerprint density at radius 1 is 1.35 bits per heavy atom. The Morgan fingerprint density at radius 3 is 2.55 bits per heavy atom. The van der Waals surface area contributed by atoms with Crippen LogP contribution in [0.15, 0.2) is 0 Å². The molecular formula is C13H25N3O3S. The number of thioether (sulfide) groups is 1. The van der Waals surface area contributed by atoms with Crippen LogP contribution in [0.5, 0.6) is 0 Å². The number of hydrogen-bond donors (Lipinski definition) is 3. The second kappa shape index (κ2) is 9.07. The standard InChI is InChI=1S/C13H25N3O3S/c1-3-10(2)11(12(17)18)15-13(19)14-4-5-16-6-8-20-9-7-16/h10-11H,3-9H2,1-2H3,(H,17,18)(H2,14,15,19)/t10?,11-/m0/s1. The molecule has 1 rings (SSSR count). The van der Waals surface area contributed by atoms with Gasteiger partial charge < -0.3 is 15.7 Å². The molecule has 20 heavy (non-hydrogen) atoms. The number of amides is 2. The minimum absolute atomic E-state index is 0.0858. The van der Waals surface area contributed by atoms with Crippen molar-refractivity contribution in [2.45, 2.75) is 26.3 Å². The van der Waals surface area contributed by atoms with Gasteiger partial charge in [0, 0.05) is 37.7 Å². The Kier molecular flexibility index (Phi) is 7.76. The van der Waals surface area contributed by atoms with E-state index >= 15 is 0 Å². The lowest BCUT2D eigenvalue weighted by atomic mass is 9.99. The number of urea groups is 1. The van der Waals surface area contributed by atoms with Crippen molar-refractivity contribution in [1.82, 2.24) is 15.5 Å². The van der Waals surface area contributed by atoms with Gasteiger partial charge in [0.05, 0.1) is 0 Å². The summed E-state index contributed by atoms with van der Waals surface area (Å²) in [4.78, 5) is 25.1. The molecule has 1 aliphatic heterocycles. The fourth-order valence-corrected chi connectivity index (χ4v) is 3.01. The third kappa shape index (κ3) is 6.00. The molecule has 1 saturated heterocycles. The molecule has 0 spiro atoms. The average molecular weight is 303 g/mol. The first-order valence-electron chi connectivity index (χ1n) is 7.11. The molecule has 1 aliphatic rings.